The summed E-state index contributed by atoms with van der Waals surface area (Å²) >= 11 is 0. The van der Waals surface area contributed by atoms with Gasteiger partial charge in [-0.15, -0.1) is 0 Å². The van der Waals surface area contributed by atoms with Gasteiger partial charge in [0.2, 0.25) is 10.0 Å². The maximum absolute atomic E-state index is 12.5. The van der Waals surface area contributed by atoms with Gasteiger partial charge in [-0.2, -0.15) is 0 Å². The van der Waals surface area contributed by atoms with Crippen LogP contribution in [0.25, 0.3) is 0 Å². The van der Waals surface area contributed by atoms with Gasteiger partial charge < -0.3 is 9.67 Å². The number of hydrogen-bond acceptors (Lipinski definition) is 3. The fourth-order valence-corrected chi connectivity index (χ4v) is 4.35. The second-order valence-electron chi connectivity index (χ2n) is 6.21. The highest BCUT2D eigenvalue weighted by molar-refractivity contribution is 7.89. The predicted molar refractivity (Wildman–Crippen MR) is 78.8 cm³/mol. The highest BCUT2D eigenvalue weighted by Crippen LogP contribution is 2.38. The monoisotopic (exact) mass is 314 g/mol. The normalized spacial score (nSPS) is 21.6. The van der Waals surface area contributed by atoms with E-state index in [1.807, 2.05) is 13.8 Å². The van der Waals surface area contributed by atoms with Crippen LogP contribution in [0, 0.1) is 5.41 Å². The Kier molecular flexibility index (Phi) is 4.17. The minimum Gasteiger partial charge on any atom is -0.477 e. The molecule has 6 nitrogen and oxygen atoms in total. The maximum Gasteiger partial charge on any atom is 0.352 e. The Morgan fingerprint density at radius 2 is 2.19 bits per heavy atom. The Labute approximate surface area is 125 Å². The number of aromatic carboxylic acids is 1. The summed E-state index contributed by atoms with van der Waals surface area (Å²) in [6.45, 7) is 6.28. The van der Waals surface area contributed by atoms with Crippen LogP contribution >= 0.6 is 0 Å². The number of rotatable bonds is 5. The van der Waals surface area contributed by atoms with Crippen molar-refractivity contribution in [3.05, 3.63) is 18.0 Å². The van der Waals surface area contributed by atoms with E-state index in [2.05, 4.69) is 4.72 Å². The summed E-state index contributed by atoms with van der Waals surface area (Å²) in [5.74, 6) is -1.13. The fourth-order valence-electron chi connectivity index (χ4n) is 2.87. The minimum atomic E-state index is -3.69. The van der Waals surface area contributed by atoms with Crippen molar-refractivity contribution in [2.24, 2.45) is 5.41 Å². The molecule has 2 N–H and O–H groups in total. The second kappa shape index (κ2) is 5.46. The molecule has 0 bridgehead atoms. The lowest BCUT2D eigenvalue weighted by molar-refractivity contribution is 0.0685. The zero-order valence-corrected chi connectivity index (χ0v) is 13.4. The lowest BCUT2D eigenvalue weighted by atomic mass is 9.88. The van der Waals surface area contributed by atoms with Crippen molar-refractivity contribution in [1.82, 2.24) is 9.29 Å². The van der Waals surface area contributed by atoms with Gasteiger partial charge in [-0.1, -0.05) is 20.3 Å². The topological polar surface area (TPSA) is 88.4 Å². The molecule has 7 heteroatoms. The number of carboxylic acid groups (broad SMARTS) is 1. The van der Waals surface area contributed by atoms with Crippen molar-refractivity contribution in [1.29, 1.82) is 0 Å². The molecule has 1 aliphatic carbocycles. The van der Waals surface area contributed by atoms with Crippen LogP contribution in [-0.2, 0) is 16.6 Å². The number of carboxylic acids is 1. The van der Waals surface area contributed by atoms with Crippen LogP contribution in [0.3, 0.4) is 0 Å². The summed E-state index contributed by atoms with van der Waals surface area (Å²) in [6, 6.07) is 1.11. The average Bonchev–Trinajstić information content (AvgIpc) is 2.93. The number of aromatic nitrogens is 1. The van der Waals surface area contributed by atoms with Gasteiger partial charge in [0.05, 0.1) is 0 Å². The van der Waals surface area contributed by atoms with E-state index in [4.69, 9.17) is 5.11 Å². The first kappa shape index (κ1) is 16.0. The Bertz CT molecular complexity index is 646. The van der Waals surface area contributed by atoms with Crippen molar-refractivity contribution < 1.29 is 18.3 Å². The summed E-state index contributed by atoms with van der Waals surface area (Å²) in [4.78, 5) is 11.2. The molecule has 1 aromatic heterocycles. The van der Waals surface area contributed by atoms with Gasteiger partial charge in [-0.05, 0) is 31.2 Å². The molecule has 1 unspecified atom stereocenters. The van der Waals surface area contributed by atoms with Crippen molar-refractivity contribution >= 4 is 16.0 Å². The molecule has 0 aliphatic heterocycles. The Balaban J connectivity index is 2.30. The van der Waals surface area contributed by atoms with Crippen molar-refractivity contribution in [3.63, 3.8) is 0 Å². The van der Waals surface area contributed by atoms with E-state index in [0.717, 1.165) is 19.3 Å². The quantitative estimate of drug-likeness (QED) is 0.870. The first-order valence-electron chi connectivity index (χ1n) is 7.13. The number of nitrogens with zero attached hydrogens (tertiary/aromatic N) is 1. The SMILES string of the molecule is CCn1cc(S(=O)(=O)NC2CCCC2(C)C)cc1C(=O)O. The summed E-state index contributed by atoms with van der Waals surface area (Å²) in [5.41, 5.74) is -0.0840. The van der Waals surface area contributed by atoms with E-state index in [-0.39, 0.29) is 22.0 Å². The summed E-state index contributed by atoms with van der Waals surface area (Å²) in [5, 5.41) is 9.11. The zero-order chi connectivity index (χ0) is 15.8. The van der Waals surface area contributed by atoms with Crippen LogP contribution < -0.4 is 4.72 Å². The molecule has 0 radical (unpaired) electrons. The van der Waals surface area contributed by atoms with Crippen LogP contribution in [-0.4, -0.2) is 30.1 Å². The average molecular weight is 314 g/mol. The van der Waals surface area contributed by atoms with E-state index in [1.165, 1.54) is 16.8 Å². The number of hydrogen-bond donors (Lipinski definition) is 2. The number of aryl methyl sites for hydroxylation is 1. The molecular weight excluding hydrogens is 292 g/mol. The second-order valence-corrected chi connectivity index (χ2v) is 7.92. The van der Waals surface area contributed by atoms with E-state index in [0.29, 0.717) is 6.54 Å². The molecule has 0 aromatic carbocycles. The predicted octanol–water partition coefficient (Wildman–Crippen LogP) is 2.06. The highest BCUT2D eigenvalue weighted by Gasteiger charge is 2.37. The fraction of sp³-hybridized carbons (Fsp3) is 0.643. The number of carbonyl (C=O) groups is 1. The summed E-state index contributed by atoms with van der Waals surface area (Å²) < 4.78 is 29.1. The minimum absolute atomic E-state index is 0.0106. The lowest BCUT2D eigenvalue weighted by Crippen LogP contribution is -2.41. The zero-order valence-electron chi connectivity index (χ0n) is 12.6. The van der Waals surface area contributed by atoms with Crippen molar-refractivity contribution in [2.75, 3.05) is 0 Å². The molecule has 21 heavy (non-hydrogen) atoms. The molecule has 0 spiro atoms. The molecule has 2 rings (SSSR count). The van der Waals surface area contributed by atoms with Gasteiger partial charge in [-0.3, -0.25) is 0 Å². The molecule has 0 saturated heterocycles. The van der Waals surface area contributed by atoms with Gasteiger partial charge in [-0.25, -0.2) is 17.9 Å². The molecule has 118 valence electrons. The van der Waals surface area contributed by atoms with Gasteiger partial charge in [0.25, 0.3) is 0 Å². The molecule has 1 aromatic rings. The Morgan fingerprint density at radius 1 is 1.52 bits per heavy atom. The molecular formula is C14H22N2O4S. The van der Waals surface area contributed by atoms with Crippen LogP contribution in [0.5, 0.6) is 0 Å². The smallest absolute Gasteiger partial charge is 0.352 e. The van der Waals surface area contributed by atoms with E-state index < -0.39 is 16.0 Å². The van der Waals surface area contributed by atoms with Gasteiger partial charge >= 0.3 is 5.97 Å². The van der Waals surface area contributed by atoms with Crippen LogP contribution in [0.2, 0.25) is 0 Å². The van der Waals surface area contributed by atoms with Crippen LogP contribution in [0.1, 0.15) is 50.5 Å². The molecule has 1 fully saturated rings. The molecule has 1 saturated carbocycles. The standard InChI is InChI=1S/C14H22N2O4S/c1-4-16-9-10(8-11(16)13(17)18)21(19,20)15-12-6-5-7-14(12,2)3/h8-9,12,15H,4-7H2,1-3H3,(H,17,18). The Morgan fingerprint density at radius 3 is 2.62 bits per heavy atom. The first-order chi connectivity index (χ1) is 9.67. The number of sulfonamides is 1. The van der Waals surface area contributed by atoms with Crippen molar-refractivity contribution in [3.8, 4) is 0 Å². The maximum atomic E-state index is 12.5. The number of nitrogens with one attached hydrogen (secondary N) is 1. The van der Waals surface area contributed by atoms with E-state index in [1.54, 1.807) is 6.92 Å². The van der Waals surface area contributed by atoms with Gasteiger partial charge in [0, 0.05) is 18.8 Å². The van der Waals surface area contributed by atoms with Crippen LogP contribution in [0.15, 0.2) is 17.2 Å². The Hall–Kier alpha value is -1.34. The summed E-state index contributed by atoms with van der Waals surface area (Å²) in [7, 11) is -3.69. The molecule has 1 heterocycles. The molecule has 0 amide bonds. The molecule has 1 aliphatic rings. The third-order valence-electron chi connectivity index (χ3n) is 4.30. The van der Waals surface area contributed by atoms with Gasteiger partial charge in [0.1, 0.15) is 10.6 Å². The highest BCUT2D eigenvalue weighted by atomic mass is 32.2. The third kappa shape index (κ3) is 3.13. The largest absolute Gasteiger partial charge is 0.477 e. The first-order valence-corrected chi connectivity index (χ1v) is 8.61. The summed E-state index contributed by atoms with van der Waals surface area (Å²) in [6.07, 6.45) is 4.17. The lowest BCUT2D eigenvalue weighted by Gasteiger charge is -2.27. The van der Waals surface area contributed by atoms with Gasteiger partial charge in [0.15, 0.2) is 0 Å². The van der Waals surface area contributed by atoms with Crippen LogP contribution in [0.4, 0.5) is 0 Å². The van der Waals surface area contributed by atoms with Crippen molar-refractivity contribution in [2.45, 2.75) is 57.5 Å². The van der Waals surface area contributed by atoms with E-state index >= 15 is 0 Å². The third-order valence-corrected chi connectivity index (χ3v) is 5.73. The molecule has 1 atom stereocenters. The van der Waals surface area contributed by atoms with E-state index in [9.17, 15) is 13.2 Å².